The first-order valence-electron chi connectivity index (χ1n) is 7.54. The van der Waals surface area contributed by atoms with E-state index in [1.807, 2.05) is 35.7 Å². The highest BCUT2D eigenvalue weighted by atomic mass is 32.1. The van der Waals surface area contributed by atoms with Gasteiger partial charge in [-0.2, -0.15) is 0 Å². The predicted octanol–water partition coefficient (Wildman–Crippen LogP) is 3.03. The van der Waals surface area contributed by atoms with Gasteiger partial charge in [0.05, 0.1) is 0 Å². The second kappa shape index (κ2) is 7.23. The molecule has 0 unspecified atom stereocenters. The van der Waals surface area contributed by atoms with Gasteiger partial charge in [0.15, 0.2) is 5.13 Å². The summed E-state index contributed by atoms with van der Waals surface area (Å²) < 4.78 is 0. The number of aromatic nitrogens is 1. The Labute approximate surface area is 138 Å². The number of carbonyl (C=O) groups excluding carboxylic acids is 2. The molecule has 0 saturated carbocycles. The molecular formula is C16H18N4O2S. The third-order valence-electron chi connectivity index (χ3n) is 3.84. The van der Waals surface area contributed by atoms with E-state index in [1.165, 1.54) is 11.3 Å². The molecule has 3 amide bonds. The number of thiazole rings is 1. The molecule has 1 aliphatic rings. The molecule has 2 aromatic rings. The van der Waals surface area contributed by atoms with E-state index >= 15 is 0 Å². The van der Waals surface area contributed by atoms with Crippen LogP contribution in [-0.4, -0.2) is 34.9 Å². The summed E-state index contributed by atoms with van der Waals surface area (Å²) in [6.07, 6.45) is 2.99. The number of rotatable bonds is 3. The van der Waals surface area contributed by atoms with Crippen molar-refractivity contribution >= 4 is 34.1 Å². The van der Waals surface area contributed by atoms with Gasteiger partial charge in [-0.25, -0.2) is 9.78 Å². The molecule has 0 radical (unpaired) electrons. The largest absolute Gasteiger partial charge is 0.326 e. The molecule has 23 heavy (non-hydrogen) atoms. The number of urea groups is 1. The van der Waals surface area contributed by atoms with Crippen LogP contribution >= 0.6 is 11.3 Å². The van der Waals surface area contributed by atoms with Crippen LogP contribution in [0.15, 0.2) is 41.9 Å². The number of nitrogens with zero attached hydrogens (tertiary/aromatic N) is 2. The van der Waals surface area contributed by atoms with Crippen molar-refractivity contribution in [1.82, 2.24) is 9.88 Å². The van der Waals surface area contributed by atoms with Crippen LogP contribution in [-0.2, 0) is 4.79 Å². The Morgan fingerprint density at radius 3 is 2.52 bits per heavy atom. The summed E-state index contributed by atoms with van der Waals surface area (Å²) in [5, 5.41) is 8.11. The maximum atomic E-state index is 12.3. The van der Waals surface area contributed by atoms with Gasteiger partial charge < -0.3 is 10.2 Å². The Morgan fingerprint density at radius 2 is 1.87 bits per heavy atom. The average Bonchev–Trinajstić information content (AvgIpc) is 3.09. The first-order valence-corrected chi connectivity index (χ1v) is 8.41. The predicted molar refractivity (Wildman–Crippen MR) is 90.5 cm³/mol. The molecule has 0 atom stereocenters. The standard InChI is InChI=1S/C16H18N4O2S/c21-14(18-13-4-2-1-3-5-13)12-6-9-20(10-7-12)16(22)19-15-17-8-11-23-15/h1-5,8,11-12H,6-7,9-10H2,(H,18,21)(H,17,19,22). The number of hydrogen-bond acceptors (Lipinski definition) is 4. The highest BCUT2D eigenvalue weighted by Crippen LogP contribution is 2.20. The van der Waals surface area contributed by atoms with Gasteiger partial charge in [-0.15, -0.1) is 11.3 Å². The summed E-state index contributed by atoms with van der Waals surface area (Å²) in [6, 6.07) is 9.28. The number of hydrogen-bond donors (Lipinski definition) is 2. The van der Waals surface area contributed by atoms with Crippen LogP contribution in [0.25, 0.3) is 0 Å². The van der Waals surface area contributed by atoms with Gasteiger partial charge >= 0.3 is 6.03 Å². The topological polar surface area (TPSA) is 74.3 Å². The maximum absolute atomic E-state index is 12.3. The summed E-state index contributed by atoms with van der Waals surface area (Å²) in [5.41, 5.74) is 0.807. The summed E-state index contributed by atoms with van der Waals surface area (Å²) in [6.45, 7) is 1.15. The van der Waals surface area contributed by atoms with E-state index in [0.717, 1.165) is 5.69 Å². The van der Waals surface area contributed by atoms with E-state index in [4.69, 9.17) is 0 Å². The molecule has 7 heteroatoms. The lowest BCUT2D eigenvalue weighted by atomic mass is 9.96. The molecule has 0 aliphatic carbocycles. The second-order valence-corrected chi connectivity index (χ2v) is 6.28. The third-order valence-corrected chi connectivity index (χ3v) is 4.53. The fraction of sp³-hybridized carbons (Fsp3) is 0.312. The quantitative estimate of drug-likeness (QED) is 0.908. The smallest absolute Gasteiger partial charge is 0.323 e. The zero-order valence-electron chi connectivity index (χ0n) is 12.6. The van der Waals surface area contributed by atoms with Crippen molar-refractivity contribution in [3.63, 3.8) is 0 Å². The number of nitrogens with one attached hydrogen (secondary N) is 2. The lowest BCUT2D eigenvalue weighted by Crippen LogP contribution is -2.43. The summed E-state index contributed by atoms with van der Waals surface area (Å²) in [7, 11) is 0. The van der Waals surface area contributed by atoms with Crippen molar-refractivity contribution in [3.05, 3.63) is 41.9 Å². The molecule has 6 nitrogen and oxygen atoms in total. The maximum Gasteiger partial charge on any atom is 0.323 e. The number of amides is 3. The molecule has 120 valence electrons. The van der Waals surface area contributed by atoms with E-state index in [2.05, 4.69) is 15.6 Å². The van der Waals surface area contributed by atoms with Crippen LogP contribution in [0.4, 0.5) is 15.6 Å². The number of benzene rings is 1. The summed E-state index contributed by atoms with van der Waals surface area (Å²) in [4.78, 5) is 30.1. The SMILES string of the molecule is O=C(Nc1ccccc1)C1CCN(C(=O)Nc2nccs2)CC1. The van der Waals surface area contributed by atoms with Gasteiger partial charge in [0, 0.05) is 36.3 Å². The first kappa shape index (κ1) is 15.5. The van der Waals surface area contributed by atoms with Gasteiger partial charge in [-0.1, -0.05) is 18.2 Å². The van der Waals surface area contributed by atoms with Crippen molar-refractivity contribution in [2.75, 3.05) is 23.7 Å². The molecule has 0 bridgehead atoms. The molecule has 1 aromatic heterocycles. The molecular weight excluding hydrogens is 312 g/mol. The molecule has 1 saturated heterocycles. The summed E-state index contributed by atoms with van der Waals surface area (Å²) >= 11 is 1.39. The number of carbonyl (C=O) groups is 2. The highest BCUT2D eigenvalue weighted by Gasteiger charge is 2.27. The number of likely N-dealkylation sites (tertiary alicyclic amines) is 1. The zero-order valence-corrected chi connectivity index (χ0v) is 13.4. The van der Waals surface area contributed by atoms with Crippen molar-refractivity contribution < 1.29 is 9.59 Å². The van der Waals surface area contributed by atoms with Gasteiger partial charge in [0.1, 0.15) is 0 Å². The minimum absolute atomic E-state index is 0.0242. The Balaban J connectivity index is 1.48. The molecule has 1 fully saturated rings. The fourth-order valence-electron chi connectivity index (χ4n) is 2.57. The first-order chi connectivity index (χ1) is 11.2. The van der Waals surface area contributed by atoms with Crippen molar-refractivity contribution in [1.29, 1.82) is 0 Å². The van der Waals surface area contributed by atoms with E-state index in [0.29, 0.717) is 31.1 Å². The van der Waals surface area contributed by atoms with Gasteiger partial charge in [0.25, 0.3) is 0 Å². The normalized spacial score (nSPS) is 15.2. The average molecular weight is 330 g/mol. The Kier molecular flexibility index (Phi) is 4.87. The van der Waals surface area contributed by atoms with E-state index in [9.17, 15) is 9.59 Å². The van der Waals surface area contributed by atoms with Crippen molar-refractivity contribution in [2.45, 2.75) is 12.8 Å². The molecule has 1 aromatic carbocycles. The van der Waals surface area contributed by atoms with Crippen LogP contribution in [0.2, 0.25) is 0 Å². The van der Waals surface area contributed by atoms with E-state index in [-0.39, 0.29) is 17.9 Å². The summed E-state index contributed by atoms with van der Waals surface area (Å²) in [5.74, 6) is -0.0321. The van der Waals surface area contributed by atoms with Crippen LogP contribution in [0.1, 0.15) is 12.8 Å². The minimum atomic E-state index is -0.151. The van der Waals surface area contributed by atoms with Crippen LogP contribution in [0.3, 0.4) is 0 Å². The third kappa shape index (κ3) is 4.07. The second-order valence-electron chi connectivity index (χ2n) is 5.38. The van der Waals surface area contributed by atoms with Crippen molar-refractivity contribution in [3.8, 4) is 0 Å². The number of piperidine rings is 1. The molecule has 3 rings (SSSR count). The Bertz CT molecular complexity index is 652. The highest BCUT2D eigenvalue weighted by molar-refractivity contribution is 7.13. The number of para-hydroxylation sites is 1. The fourth-order valence-corrected chi connectivity index (χ4v) is 3.08. The molecule has 0 spiro atoms. The van der Waals surface area contributed by atoms with Gasteiger partial charge in [-0.05, 0) is 25.0 Å². The molecule has 2 N–H and O–H groups in total. The molecule has 2 heterocycles. The Morgan fingerprint density at radius 1 is 1.13 bits per heavy atom. The number of anilines is 2. The lowest BCUT2D eigenvalue weighted by Gasteiger charge is -2.31. The van der Waals surface area contributed by atoms with Crippen LogP contribution < -0.4 is 10.6 Å². The lowest BCUT2D eigenvalue weighted by molar-refractivity contribution is -0.121. The minimum Gasteiger partial charge on any atom is -0.326 e. The van der Waals surface area contributed by atoms with Crippen LogP contribution in [0, 0.1) is 5.92 Å². The van der Waals surface area contributed by atoms with Crippen molar-refractivity contribution in [2.24, 2.45) is 5.92 Å². The Hall–Kier alpha value is -2.41. The monoisotopic (exact) mass is 330 g/mol. The van der Waals surface area contributed by atoms with Gasteiger partial charge in [-0.3, -0.25) is 10.1 Å². The van der Waals surface area contributed by atoms with E-state index < -0.39 is 0 Å². The zero-order chi connectivity index (χ0) is 16.1. The van der Waals surface area contributed by atoms with Crippen LogP contribution in [0.5, 0.6) is 0 Å². The molecule has 1 aliphatic heterocycles. The van der Waals surface area contributed by atoms with Gasteiger partial charge in [0.2, 0.25) is 5.91 Å². The van der Waals surface area contributed by atoms with E-state index in [1.54, 1.807) is 11.1 Å².